The number of nitriles is 1. The quantitative estimate of drug-likeness (QED) is 0.147. The lowest BCUT2D eigenvalue weighted by Crippen LogP contribution is -2.26. The Morgan fingerprint density at radius 2 is 1.95 bits per heavy atom. The fraction of sp³-hybridized carbons (Fsp3) is 0.333. The molecule has 4 rings (SSSR count). The van der Waals surface area contributed by atoms with Gasteiger partial charge in [-0.2, -0.15) is 13.7 Å². The monoisotopic (exact) mass is 553 g/mol. The summed E-state index contributed by atoms with van der Waals surface area (Å²) in [6.45, 7) is 6.73. The van der Waals surface area contributed by atoms with Crippen LogP contribution in [0.5, 0.6) is 11.5 Å². The second-order valence-electron chi connectivity index (χ2n) is 10.0. The van der Waals surface area contributed by atoms with Gasteiger partial charge in [-0.1, -0.05) is 32.9 Å². The smallest absolute Gasteiger partial charge is 0.346 e. The van der Waals surface area contributed by atoms with Gasteiger partial charge in [0.2, 0.25) is 0 Å². The maximum atomic E-state index is 12.8. The summed E-state index contributed by atoms with van der Waals surface area (Å²) in [5.74, 6) is 0.526. The van der Waals surface area contributed by atoms with E-state index in [-0.39, 0.29) is 16.9 Å². The second kappa shape index (κ2) is 10.6. The van der Waals surface area contributed by atoms with E-state index in [1.165, 1.54) is 41.5 Å². The first-order chi connectivity index (χ1) is 17.9. The topological polar surface area (TPSA) is 132 Å². The van der Waals surface area contributed by atoms with Crippen molar-refractivity contribution in [2.45, 2.75) is 44.9 Å². The van der Waals surface area contributed by atoms with Crippen molar-refractivity contribution in [2.24, 2.45) is 16.3 Å². The van der Waals surface area contributed by atoms with E-state index in [0.717, 1.165) is 37.0 Å². The number of thiophene rings is 1. The van der Waals surface area contributed by atoms with Crippen molar-refractivity contribution < 1.29 is 22.3 Å². The Morgan fingerprint density at radius 1 is 1.21 bits per heavy atom. The molecule has 2 aromatic carbocycles. The normalized spacial score (nSPS) is 15.6. The van der Waals surface area contributed by atoms with Gasteiger partial charge in [-0.25, -0.2) is 4.99 Å². The average Bonchev–Trinajstić information content (AvgIpc) is 3.24. The van der Waals surface area contributed by atoms with E-state index in [9.17, 15) is 23.8 Å². The lowest BCUT2D eigenvalue weighted by molar-refractivity contribution is -0.387. The van der Waals surface area contributed by atoms with E-state index in [0.29, 0.717) is 22.0 Å². The van der Waals surface area contributed by atoms with Crippen LogP contribution in [0.25, 0.3) is 0 Å². The molecule has 0 N–H and O–H groups in total. The first-order valence-corrected chi connectivity index (χ1v) is 14.1. The average molecular weight is 554 g/mol. The van der Waals surface area contributed by atoms with Gasteiger partial charge in [0, 0.05) is 17.2 Å². The van der Waals surface area contributed by atoms with Gasteiger partial charge in [0.15, 0.2) is 16.4 Å². The van der Waals surface area contributed by atoms with Crippen molar-refractivity contribution in [3.8, 4) is 17.6 Å². The summed E-state index contributed by atoms with van der Waals surface area (Å²) in [7, 11) is -3.15. The molecule has 0 aliphatic heterocycles. The number of para-hydroxylation sites is 1. The molecule has 1 aliphatic carbocycles. The summed E-state index contributed by atoms with van der Waals surface area (Å²) in [4.78, 5) is 15.7. The molecule has 0 fully saturated rings. The summed E-state index contributed by atoms with van der Waals surface area (Å²) < 4.78 is 36.1. The van der Waals surface area contributed by atoms with Crippen LogP contribution >= 0.6 is 11.3 Å². The third kappa shape index (κ3) is 5.56. The molecule has 0 saturated carbocycles. The molecule has 9 nitrogen and oxygen atoms in total. The Kier molecular flexibility index (Phi) is 7.58. The number of benzene rings is 2. The number of hydrogen-bond donors (Lipinski definition) is 0. The zero-order chi connectivity index (χ0) is 27.7. The van der Waals surface area contributed by atoms with Gasteiger partial charge in [0.25, 0.3) is 5.69 Å². The molecular formula is C27H27N3O6S2. The minimum Gasteiger partial charge on any atom is -0.493 e. The van der Waals surface area contributed by atoms with Crippen LogP contribution in [0.3, 0.4) is 0 Å². The number of fused-ring (bicyclic) bond motifs is 1. The molecule has 1 atom stereocenters. The number of methoxy groups -OCH3 is 1. The Labute approximate surface area is 225 Å². The number of rotatable bonds is 7. The minimum absolute atomic E-state index is 0.107. The van der Waals surface area contributed by atoms with Crippen molar-refractivity contribution >= 4 is 38.4 Å². The van der Waals surface area contributed by atoms with E-state index in [2.05, 4.69) is 31.8 Å². The number of nitro groups is 1. The number of aliphatic imine (C=N–C) groups is 1. The molecule has 38 heavy (non-hydrogen) atoms. The fourth-order valence-corrected chi connectivity index (χ4v) is 6.80. The number of nitro benzene ring substituents is 1. The lowest BCUT2D eigenvalue weighted by Gasteiger charge is -2.33. The highest BCUT2D eigenvalue weighted by Crippen LogP contribution is 2.45. The molecular weight excluding hydrogens is 526 g/mol. The van der Waals surface area contributed by atoms with Gasteiger partial charge in [-0.15, -0.1) is 11.3 Å². The molecule has 3 aromatic rings. The third-order valence-electron chi connectivity index (χ3n) is 6.63. The van der Waals surface area contributed by atoms with Crippen molar-refractivity contribution in [1.29, 1.82) is 5.26 Å². The molecule has 0 spiro atoms. The summed E-state index contributed by atoms with van der Waals surface area (Å²) in [5, 5.41) is 21.7. The Hall–Kier alpha value is -3.75. The highest BCUT2D eigenvalue weighted by Gasteiger charge is 2.32. The van der Waals surface area contributed by atoms with Crippen LogP contribution in [-0.4, -0.2) is 26.7 Å². The Balaban J connectivity index is 1.60. The third-order valence-corrected chi connectivity index (χ3v) is 9.08. The molecule has 1 heterocycles. The van der Waals surface area contributed by atoms with Gasteiger partial charge in [-0.05, 0) is 66.0 Å². The van der Waals surface area contributed by atoms with Crippen molar-refractivity contribution in [2.75, 3.05) is 7.11 Å². The van der Waals surface area contributed by atoms with Gasteiger partial charge < -0.3 is 8.92 Å². The molecule has 0 radical (unpaired) electrons. The minimum atomic E-state index is -4.51. The molecule has 0 saturated heterocycles. The zero-order valence-electron chi connectivity index (χ0n) is 21.4. The SMILES string of the molecule is COc1cc(C=Nc2sc3c(c2C#N)CC[C@H](C(C)(C)C)C3)ccc1OS(=O)(=O)c1ccccc1[N+](=O)[O-]. The summed E-state index contributed by atoms with van der Waals surface area (Å²) >= 11 is 1.54. The maximum absolute atomic E-state index is 12.8. The van der Waals surface area contributed by atoms with Crippen LogP contribution in [0.2, 0.25) is 0 Å². The van der Waals surface area contributed by atoms with E-state index in [1.54, 1.807) is 18.3 Å². The van der Waals surface area contributed by atoms with Crippen molar-refractivity contribution in [1.82, 2.24) is 0 Å². The molecule has 198 valence electrons. The second-order valence-corrected chi connectivity index (χ2v) is 12.6. The van der Waals surface area contributed by atoms with Crippen LogP contribution in [0.4, 0.5) is 10.7 Å². The van der Waals surface area contributed by atoms with Crippen molar-refractivity contribution in [3.63, 3.8) is 0 Å². The van der Waals surface area contributed by atoms with Crippen LogP contribution in [0.1, 0.15) is 48.8 Å². The summed E-state index contributed by atoms with van der Waals surface area (Å²) in [5.41, 5.74) is 1.90. The number of hydrogen-bond acceptors (Lipinski definition) is 9. The fourth-order valence-electron chi connectivity index (χ4n) is 4.47. The maximum Gasteiger partial charge on any atom is 0.346 e. The van der Waals surface area contributed by atoms with Gasteiger partial charge in [-0.3, -0.25) is 10.1 Å². The van der Waals surface area contributed by atoms with Crippen molar-refractivity contribution in [3.05, 3.63) is 74.1 Å². The Morgan fingerprint density at radius 3 is 2.61 bits per heavy atom. The molecule has 1 aromatic heterocycles. The molecule has 11 heteroatoms. The van der Waals surface area contributed by atoms with Crippen LogP contribution in [-0.2, 0) is 23.0 Å². The summed E-state index contributed by atoms with van der Waals surface area (Å²) in [6.07, 6.45) is 4.42. The standard InChI is InChI=1S/C27H27N3O6S2/c1-27(2,3)18-10-11-19-20(15-28)26(37-24(19)14-18)29-16-17-9-12-22(23(13-17)35-4)36-38(33,34)25-8-6-5-7-21(25)30(31)32/h5-9,12-13,16,18H,10-11,14H2,1-4H3/t18-/m0/s1. The first-order valence-electron chi connectivity index (χ1n) is 11.9. The van der Waals surface area contributed by atoms with E-state index < -0.39 is 25.6 Å². The lowest BCUT2D eigenvalue weighted by atomic mass is 9.72. The highest BCUT2D eigenvalue weighted by atomic mass is 32.2. The largest absolute Gasteiger partial charge is 0.493 e. The van der Waals surface area contributed by atoms with E-state index >= 15 is 0 Å². The number of ether oxygens (including phenoxy) is 1. The van der Waals surface area contributed by atoms with E-state index in [1.807, 2.05) is 0 Å². The van der Waals surface area contributed by atoms with Gasteiger partial charge in [0.1, 0.15) is 11.1 Å². The van der Waals surface area contributed by atoms with E-state index in [4.69, 9.17) is 8.92 Å². The molecule has 0 amide bonds. The molecule has 1 aliphatic rings. The van der Waals surface area contributed by atoms with Gasteiger partial charge >= 0.3 is 10.1 Å². The zero-order valence-corrected chi connectivity index (χ0v) is 23.1. The van der Waals surface area contributed by atoms with Crippen LogP contribution in [0, 0.1) is 32.8 Å². The predicted molar refractivity (Wildman–Crippen MR) is 145 cm³/mol. The van der Waals surface area contributed by atoms with Gasteiger partial charge in [0.05, 0.1) is 17.6 Å². The molecule has 0 unspecified atom stereocenters. The highest BCUT2D eigenvalue weighted by molar-refractivity contribution is 7.87. The van der Waals surface area contributed by atoms with Crippen LogP contribution < -0.4 is 8.92 Å². The Bertz CT molecular complexity index is 1560. The summed E-state index contributed by atoms with van der Waals surface area (Å²) in [6, 6.07) is 11.8. The number of nitrogens with zero attached hydrogens (tertiary/aromatic N) is 3. The predicted octanol–water partition coefficient (Wildman–Crippen LogP) is 6.21. The van der Waals surface area contributed by atoms with Crippen LogP contribution in [0.15, 0.2) is 52.4 Å². The first kappa shape index (κ1) is 27.3. The molecule has 0 bridgehead atoms.